The molecule has 5 heteroatoms. The summed E-state index contributed by atoms with van der Waals surface area (Å²) in [5, 5.41) is 2.56. The van der Waals surface area contributed by atoms with Crippen molar-refractivity contribution in [3.8, 4) is 0 Å². The molecule has 2 rings (SSSR count). The third kappa shape index (κ3) is 1.96. The summed E-state index contributed by atoms with van der Waals surface area (Å²) in [6.07, 6.45) is 4.23. The lowest BCUT2D eigenvalue weighted by molar-refractivity contribution is -0.111. The molecule has 0 fully saturated rings. The maximum absolute atomic E-state index is 11.0. The summed E-state index contributed by atoms with van der Waals surface area (Å²) in [4.78, 5) is 23.0. The number of nitrogens with zero attached hydrogens (tertiary/aromatic N) is 3. The molecule has 2 aromatic rings. The Morgan fingerprint density at radius 2 is 2.27 bits per heavy atom. The highest BCUT2D eigenvalue weighted by Gasteiger charge is 2.00. The summed E-state index contributed by atoms with van der Waals surface area (Å²) in [7, 11) is 0. The van der Waals surface area contributed by atoms with E-state index in [0.29, 0.717) is 11.3 Å². The van der Waals surface area contributed by atoms with Gasteiger partial charge in [0.25, 0.3) is 0 Å². The molecule has 15 heavy (non-hydrogen) atoms. The first-order valence-electron chi connectivity index (χ1n) is 4.30. The van der Waals surface area contributed by atoms with Gasteiger partial charge in [0, 0.05) is 0 Å². The van der Waals surface area contributed by atoms with E-state index in [9.17, 15) is 4.79 Å². The molecule has 74 valence electrons. The van der Waals surface area contributed by atoms with Gasteiger partial charge in [-0.2, -0.15) is 0 Å². The molecular formula is C10H8N4O. The van der Waals surface area contributed by atoms with E-state index in [2.05, 4.69) is 26.8 Å². The van der Waals surface area contributed by atoms with Gasteiger partial charge in [-0.1, -0.05) is 6.58 Å². The number of rotatable bonds is 2. The van der Waals surface area contributed by atoms with E-state index in [1.165, 1.54) is 12.4 Å². The predicted molar refractivity (Wildman–Crippen MR) is 56.2 cm³/mol. The normalized spacial score (nSPS) is 9.87. The van der Waals surface area contributed by atoms with Crippen molar-refractivity contribution in [3.63, 3.8) is 0 Å². The van der Waals surface area contributed by atoms with Crippen LogP contribution in [0.5, 0.6) is 0 Å². The van der Waals surface area contributed by atoms with Crippen LogP contribution < -0.4 is 5.32 Å². The maximum atomic E-state index is 11.0. The van der Waals surface area contributed by atoms with Crippen molar-refractivity contribution in [2.45, 2.75) is 0 Å². The van der Waals surface area contributed by atoms with Gasteiger partial charge < -0.3 is 5.32 Å². The van der Waals surface area contributed by atoms with Crippen LogP contribution in [0.4, 0.5) is 5.82 Å². The molecule has 0 bridgehead atoms. The number of anilines is 1. The highest BCUT2D eigenvalue weighted by atomic mass is 16.1. The average Bonchev–Trinajstić information content (AvgIpc) is 2.29. The minimum absolute atomic E-state index is 0.293. The number of carbonyl (C=O) groups is 1. The Kier molecular flexibility index (Phi) is 2.37. The number of hydrogen-bond donors (Lipinski definition) is 1. The van der Waals surface area contributed by atoms with E-state index in [0.717, 1.165) is 5.52 Å². The second-order valence-electron chi connectivity index (χ2n) is 2.82. The summed E-state index contributed by atoms with van der Waals surface area (Å²) in [5.41, 5.74) is 1.38. The van der Waals surface area contributed by atoms with E-state index >= 15 is 0 Å². The number of fused-ring (bicyclic) bond motifs is 1. The van der Waals surface area contributed by atoms with Gasteiger partial charge >= 0.3 is 0 Å². The first kappa shape index (κ1) is 9.26. The lowest BCUT2D eigenvalue weighted by Gasteiger charge is -2.01. The lowest BCUT2D eigenvalue weighted by Crippen LogP contribution is -2.08. The van der Waals surface area contributed by atoms with Crippen LogP contribution in [-0.4, -0.2) is 20.9 Å². The first-order chi connectivity index (χ1) is 7.29. The van der Waals surface area contributed by atoms with Gasteiger partial charge in [-0.25, -0.2) is 15.0 Å². The van der Waals surface area contributed by atoms with Crippen LogP contribution in [0, 0.1) is 0 Å². The van der Waals surface area contributed by atoms with Crippen LogP contribution in [0.15, 0.2) is 37.3 Å². The second kappa shape index (κ2) is 3.83. The van der Waals surface area contributed by atoms with Crippen molar-refractivity contribution in [2.75, 3.05) is 5.32 Å². The Balaban J connectivity index is 2.38. The van der Waals surface area contributed by atoms with Crippen LogP contribution in [0.25, 0.3) is 11.0 Å². The number of carbonyl (C=O) groups excluding carboxylic acids is 1. The summed E-state index contributed by atoms with van der Waals surface area (Å²) in [6.45, 7) is 3.35. The van der Waals surface area contributed by atoms with Crippen LogP contribution >= 0.6 is 0 Å². The zero-order valence-electron chi connectivity index (χ0n) is 7.84. The molecule has 0 spiro atoms. The van der Waals surface area contributed by atoms with E-state index in [1.54, 1.807) is 18.3 Å². The van der Waals surface area contributed by atoms with Crippen LogP contribution in [-0.2, 0) is 4.79 Å². The number of amides is 1. The number of hydrogen-bond acceptors (Lipinski definition) is 4. The molecule has 2 aromatic heterocycles. The Morgan fingerprint density at radius 1 is 1.40 bits per heavy atom. The van der Waals surface area contributed by atoms with Gasteiger partial charge in [-0.15, -0.1) is 0 Å². The van der Waals surface area contributed by atoms with E-state index < -0.39 is 0 Å². The Hall–Kier alpha value is -2.30. The van der Waals surface area contributed by atoms with Crippen molar-refractivity contribution < 1.29 is 4.79 Å². The topological polar surface area (TPSA) is 67.8 Å². The molecular weight excluding hydrogens is 192 g/mol. The largest absolute Gasteiger partial charge is 0.307 e. The smallest absolute Gasteiger partial charge is 0.248 e. The summed E-state index contributed by atoms with van der Waals surface area (Å²) < 4.78 is 0. The van der Waals surface area contributed by atoms with E-state index in [-0.39, 0.29) is 5.91 Å². The lowest BCUT2D eigenvalue weighted by atomic mass is 10.3. The molecule has 0 aromatic carbocycles. The monoisotopic (exact) mass is 200 g/mol. The zero-order valence-corrected chi connectivity index (χ0v) is 7.84. The molecule has 0 radical (unpaired) electrons. The molecule has 0 saturated heterocycles. The van der Waals surface area contributed by atoms with Gasteiger partial charge in [0.1, 0.15) is 17.7 Å². The van der Waals surface area contributed by atoms with Gasteiger partial charge in [0.2, 0.25) is 5.91 Å². The third-order valence-corrected chi connectivity index (χ3v) is 1.80. The summed E-state index contributed by atoms with van der Waals surface area (Å²) >= 11 is 0. The van der Waals surface area contributed by atoms with Crippen molar-refractivity contribution in [1.82, 2.24) is 15.0 Å². The molecule has 0 unspecified atom stereocenters. The van der Waals surface area contributed by atoms with Crippen molar-refractivity contribution in [2.24, 2.45) is 0 Å². The molecule has 0 aliphatic heterocycles. The summed E-state index contributed by atoms with van der Waals surface area (Å²) in [6, 6.07) is 3.44. The number of aromatic nitrogens is 3. The van der Waals surface area contributed by atoms with Crippen molar-refractivity contribution in [1.29, 1.82) is 0 Å². The van der Waals surface area contributed by atoms with Gasteiger partial charge in [0.15, 0.2) is 0 Å². The third-order valence-electron chi connectivity index (χ3n) is 1.80. The first-order valence-corrected chi connectivity index (χ1v) is 4.30. The van der Waals surface area contributed by atoms with Gasteiger partial charge in [0.05, 0.1) is 11.7 Å². The number of pyridine rings is 1. The second-order valence-corrected chi connectivity index (χ2v) is 2.82. The fourth-order valence-electron chi connectivity index (χ4n) is 1.12. The highest BCUT2D eigenvalue weighted by molar-refractivity contribution is 5.98. The molecule has 1 N–H and O–H groups in total. The quantitative estimate of drug-likeness (QED) is 0.738. The highest BCUT2D eigenvalue weighted by Crippen LogP contribution is 2.10. The SMILES string of the molecule is C=CC(=O)Nc1ccc2ncncc2n1. The molecule has 1 amide bonds. The molecule has 0 saturated carbocycles. The standard InChI is InChI=1S/C10H8N4O/c1-2-10(15)14-9-4-3-7-8(13-9)5-11-6-12-7/h2-6H,1H2,(H,13,14,15). The maximum Gasteiger partial charge on any atom is 0.248 e. The van der Waals surface area contributed by atoms with E-state index in [1.807, 2.05) is 0 Å². The Bertz CT molecular complexity index is 524. The molecule has 2 heterocycles. The molecule has 0 atom stereocenters. The molecule has 0 aliphatic rings. The fourth-order valence-corrected chi connectivity index (χ4v) is 1.12. The average molecular weight is 200 g/mol. The molecule has 5 nitrogen and oxygen atoms in total. The molecule has 0 aliphatic carbocycles. The summed E-state index contributed by atoms with van der Waals surface area (Å²) in [5.74, 6) is 0.167. The number of nitrogens with one attached hydrogen (secondary N) is 1. The predicted octanol–water partition coefficient (Wildman–Crippen LogP) is 1.15. The fraction of sp³-hybridized carbons (Fsp3) is 0. The minimum atomic E-state index is -0.293. The zero-order chi connectivity index (χ0) is 10.7. The van der Waals surface area contributed by atoms with Gasteiger partial charge in [-0.3, -0.25) is 4.79 Å². The van der Waals surface area contributed by atoms with Gasteiger partial charge in [-0.05, 0) is 18.2 Å². The van der Waals surface area contributed by atoms with Crippen molar-refractivity contribution >= 4 is 22.8 Å². The van der Waals surface area contributed by atoms with Crippen LogP contribution in [0.2, 0.25) is 0 Å². The van der Waals surface area contributed by atoms with Crippen molar-refractivity contribution in [3.05, 3.63) is 37.3 Å². The Morgan fingerprint density at radius 3 is 3.07 bits per heavy atom. The minimum Gasteiger partial charge on any atom is -0.307 e. The van der Waals surface area contributed by atoms with E-state index in [4.69, 9.17) is 0 Å². The van der Waals surface area contributed by atoms with Crippen LogP contribution in [0.1, 0.15) is 0 Å². The van der Waals surface area contributed by atoms with Crippen LogP contribution in [0.3, 0.4) is 0 Å². The Labute approximate surface area is 85.9 Å².